The van der Waals surface area contributed by atoms with Gasteiger partial charge < -0.3 is 0 Å². The molecule has 1 heterocycles. The van der Waals surface area contributed by atoms with Crippen molar-refractivity contribution in [2.75, 3.05) is 18.8 Å². The van der Waals surface area contributed by atoms with Gasteiger partial charge in [0.25, 0.3) is 10.1 Å². The van der Waals surface area contributed by atoms with Gasteiger partial charge in [0.2, 0.25) is 0 Å². The highest BCUT2D eigenvalue weighted by atomic mass is 32.2. The Hall–Kier alpha value is -1.24. The molecule has 0 bridgehead atoms. The van der Waals surface area contributed by atoms with Crippen LogP contribution in [0.15, 0.2) is 42.5 Å². The maximum Gasteiger partial charge on any atom is 0.264 e. The van der Waals surface area contributed by atoms with Crippen LogP contribution in [0.2, 0.25) is 0 Å². The van der Waals surface area contributed by atoms with Crippen molar-refractivity contribution in [3.8, 4) is 0 Å². The Balaban J connectivity index is 0.000000432. The molecule has 1 N–H and O–H groups in total. The molecule has 1 aliphatic heterocycles. The van der Waals surface area contributed by atoms with Crippen LogP contribution in [0, 0.1) is 0 Å². The summed E-state index contributed by atoms with van der Waals surface area (Å²) in [7, 11) is -3.69. The van der Waals surface area contributed by atoms with Crippen molar-refractivity contribution >= 4 is 10.1 Å². The quantitative estimate of drug-likeness (QED) is 0.664. The van der Waals surface area contributed by atoms with Crippen LogP contribution in [-0.4, -0.2) is 36.7 Å². The van der Waals surface area contributed by atoms with E-state index in [-0.39, 0.29) is 10.5 Å². The fraction of sp³-hybridized carbons (Fsp3) is 0.500. The molecule has 126 valence electrons. The molecule has 22 heavy (non-hydrogen) atoms. The number of rotatable bonds is 5. The molecule has 4 nitrogen and oxygen atoms in total. The lowest BCUT2D eigenvalue weighted by Gasteiger charge is -2.22. The molecule has 0 amide bonds. The van der Waals surface area contributed by atoms with E-state index in [4.69, 9.17) is 4.55 Å². The van der Waals surface area contributed by atoms with Gasteiger partial charge in [0.05, 0.1) is 5.75 Å². The van der Waals surface area contributed by atoms with Gasteiger partial charge in [-0.3, -0.25) is 14.2 Å². The van der Waals surface area contributed by atoms with Crippen LogP contribution < -0.4 is 0 Å². The number of hydrogen-bond acceptors (Lipinski definition) is 3. The molecule has 2 rings (SSSR count). The second kappa shape index (κ2) is 11.3. The molecule has 0 spiro atoms. The van der Waals surface area contributed by atoms with Crippen LogP contribution in [0.1, 0.15) is 31.7 Å². The normalized spacial score (nSPS) is 14.6. The fourth-order valence-electron chi connectivity index (χ4n) is 2.00. The fourth-order valence-corrected chi connectivity index (χ4v) is 2.66. The second-order valence-corrected chi connectivity index (χ2v) is 6.69. The standard InChI is InChI=1S/C12H15N.C4H10O3S.FH/c1-3-7-12(8-4-1)11-13-9-5-2-6-10-13;1-2-3-4-8(5,6)7;/h1-5,7-8H,6,9-11H2;2-4H2,1H3,(H,5,6,7);1H. The minimum Gasteiger partial charge on any atom is -0.295 e. The SMILES string of the molecule is C1=CCN(Cc2ccccc2)CC1.CCCCS(=O)(=O)O.F. The molecule has 0 radical (unpaired) electrons. The topological polar surface area (TPSA) is 57.6 Å². The lowest BCUT2D eigenvalue weighted by Crippen LogP contribution is -2.26. The number of hydrogen-bond donors (Lipinski definition) is 1. The van der Waals surface area contributed by atoms with Gasteiger partial charge in [-0.2, -0.15) is 8.42 Å². The molecule has 6 heteroatoms. The first-order valence-corrected chi connectivity index (χ1v) is 8.98. The summed E-state index contributed by atoms with van der Waals surface area (Å²) in [5.74, 6) is -0.108. The van der Waals surface area contributed by atoms with E-state index in [9.17, 15) is 8.42 Å². The third kappa shape index (κ3) is 10.5. The molecule has 0 fully saturated rings. The summed E-state index contributed by atoms with van der Waals surface area (Å²) in [5.41, 5.74) is 1.41. The summed E-state index contributed by atoms with van der Waals surface area (Å²) in [6.07, 6.45) is 7.05. The minimum atomic E-state index is -3.69. The van der Waals surface area contributed by atoms with Gasteiger partial charge in [0.1, 0.15) is 0 Å². The van der Waals surface area contributed by atoms with Crippen LogP contribution in [0.25, 0.3) is 0 Å². The first-order valence-electron chi connectivity index (χ1n) is 7.37. The summed E-state index contributed by atoms with van der Waals surface area (Å²) in [6.45, 7) is 5.26. The van der Waals surface area contributed by atoms with E-state index in [1.807, 2.05) is 6.92 Å². The van der Waals surface area contributed by atoms with Crippen LogP contribution in [0.5, 0.6) is 0 Å². The van der Waals surface area contributed by atoms with Crippen LogP contribution in [0.4, 0.5) is 4.70 Å². The molecule has 0 aromatic heterocycles. The average Bonchev–Trinajstić information content (AvgIpc) is 2.47. The second-order valence-electron chi connectivity index (χ2n) is 5.12. The molecule has 0 saturated carbocycles. The van der Waals surface area contributed by atoms with E-state index >= 15 is 0 Å². The number of benzene rings is 1. The van der Waals surface area contributed by atoms with E-state index in [0.29, 0.717) is 6.42 Å². The molecule has 1 aromatic rings. The third-order valence-corrected chi connectivity index (χ3v) is 3.95. The Morgan fingerprint density at radius 3 is 2.32 bits per heavy atom. The zero-order valence-corrected chi connectivity index (χ0v) is 13.8. The predicted molar refractivity (Wildman–Crippen MR) is 89.3 cm³/mol. The monoisotopic (exact) mass is 331 g/mol. The summed E-state index contributed by atoms with van der Waals surface area (Å²) in [4.78, 5) is 2.47. The minimum absolute atomic E-state index is 0. The molecule has 0 aliphatic carbocycles. The van der Waals surface area contributed by atoms with Crippen molar-refractivity contribution in [3.63, 3.8) is 0 Å². The van der Waals surface area contributed by atoms with E-state index in [1.165, 1.54) is 18.5 Å². The Labute approximate surface area is 133 Å². The van der Waals surface area contributed by atoms with Gasteiger partial charge in [0, 0.05) is 19.6 Å². The third-order valence-electron chi connectivity index (χ3n) is 3.15. The van der Waals surface area contributed by atoms with E-state index < -0.39 is 10.1 Å². The Kier molecular flexibility index (Phi) is 10.7. The van der Waals surface area contributed by atoms with Crippen molar-refractivity contribution in [1.82, 2.24) is 4.90 Å². The highest BCUT2D eigenvalue weighted by molar-refractivity contribution is 7.85. The lowest BCUT2D eigenvalue weighted by molar-refractivity contribution is 0.291. The van der Waals surface area contributed by atoms with Crippen LogP contribution in [0.3, 0.4) is 0 Å². The Morgan fingerprint density at radius 1 is 1.18 bits per heavy atom. The summed E-state index contributed by atoms with van der Waals surface area (Å²) in [5, 5.41) is 0. The first-order chi connectivity index (χ1) is 10.0. The van der Waals surface area contributed by atoms with Gasteiger partial charge in [0.15, 0.2) is 0 Å². The zero-order chi connectivity index (χ0) is 15.6. The maximum absolute atomic E-state index is 9.95. The largest absolute Gasteiger partial charge is 0.295 e. The number of halogens is 1. The highest BCUT2D eigenvalue weighted by Gasteiger charge is 2.05. The summed E-state index contributed by atoms with van der Waals surface area (Å²) < 4.78 is 28.0. The molecule has 0 atom stereocenters. The van der Waals surface area contributed by atoms with E-state index in [0.717, 1.165) is 19.5 Å². The lowest BCUT2D eigenvalue weighted by atomic mass is 10.2. The van der Waals surface area contributed by atoms with Crippen LogP contribution >= 0.6 is 0 Å². The number of unbranched alkanes of at least 4 members (excludes halogenated alkanes) is 1. The zero-order valence-electron chi connectivity index (χ0n) is 13.0. The van der Waals surface area contributed by atoms with Crippen molar-refractivity contribution in [1.29, 1.82) is 0 Å². The average molecular weight is 331 g/mol. The van der Waals surface area contributed by atoms with E-state index in [1.54, 1.807) is 0 Å². The number of nitrogens with zero attached hydrogens (tertiary/aromatic N) is 1. The smallest absolute Gasteiger partial charge is 0.264 e. The van der Waals surface area contributed by atoms with Crippen molar-refractivity contribution in [2.24, 2.45) is 0 Å². The highest BCUT2D eigenvalue weighted by Crippen LogP contribution is 2.07. The van der Waals surface area contributed by atoms with Gasteiger partial charge in [-0.25, -0.2) is 0 Å². The molecular weight excluding hydrogens is 305 g/mol. The predicted octanol–water partition coefficient (Wildman–Crippen LogP) is 3.28. The molecule has 1 aliphatic rings. The van der Waals surface area contributed by atoms with Crippen LogP contribution in [-0.2, 0) is 16.7 Å². The van der Waals surface area contributed by atoms with E-state index in [2.05, 4.69) is 47.4 Å². The van der Waals surface area contributed by atoms with Gasteiger partial charge >= 0.3 is 0 Å². The molecular formula is C16H26FNO3S. The van der Waals surface area contributed by atoms with Gasteiger partial charge in [-0.15, -0.1) is 0 Å². The Morgan fingerprint density at radius 2 is 1.86 bits per heavy atom. The van der Waals surface area contributed by atoms with Gasteiger partial charge in [-0.05, 0) is 18.4 Å². The van der Waals surface area contributed by atoms with Crippen molar-refractivity contribution in [3.05, 3.63) is 48.0 Å². The molecule has 0 saturated heterocycles. The van der Waals surface area contributed by atoms with Crippen molar-refractivity contribution < 1.29 is 17.7 Å². The summed E-state index contributed by atoms with van der Waals surface area (Å²) >= 11 is 0. The summed E-state index contributed by atoms with van der Waals surface area (Å²) in [6, 6.07) is 10.7. The van der Waals surface area contributed by atoms with Crippen molar-refractivity contribution in [2.45, 2.75) is 32.7 Å². The Bertz CT molecular complexity index is 517. The molecule has 0 unspecified atom stereocenters. The first kappa shape index (κ1) is 20.8. The molecule has 1 aromatic carbocycles. The maximum atomic E-state index is 9.95. The van der Waals surface area contributed by atoms with Gasteiger partial charge in [-0.1, -0.05) is 55.8 Å².